The third kappa shape index (κ3) is 7.93. The van der Waals surface area contributed by atoms with E-state index in [4.69, 9.17) is 15.5 Å². The summed E-state index contributed by atoms with van der Waals surface area (Å²) >= 11 is 0. The van der Waals surface area contributed by atoms with Crippen LogP contribution in [0.2, 0.25) is 0 Å². The molecular weight excluding hydrogens is 444 g/mol. The molecule has 1 atom stereocenters. The van der Waals surface area contributed by atoms with Crippen LogP contribution in [0.25, 0.3) is 5.76 Å². The summed E-state index contributed by atoms with van der Waals surface area (Å²) in [4.78, 5) is 41.9. The van der Waals surface area contributed by atoms with Gasteiger partial charge in [0.15, 0.2) is 5.76 Å². The van der Waals surface area contributed by atoms with Gasteiger partial charge < -0.3 is 14.9 Å². The molecule has 0 aromatic heterocycles. The van der Waals surface area contributed by atoms with Gasteiger partial charge in [0.05, 0.1) is 0 Å². The van der Waals surface area contributed by atoms with Gasteiger partial charge in [-0.2, -0.15) is 5.90 Å². The second-order valence-electron chi connectivity index (χ2n) is 9.55. The number of hydrogen-bond acceptors (Lipinski definition) is 6. The maximum absolute atomic E-state index is 13.2. The van der Waals surface area contributed by atoms with E-state index in [1.54, 1.807) is 45.0 Å². The van der Waals surface area contributed by atoms with E-state index in [2.05, 4.69) is 11.9 Å². The molecule has 0 fully saturated rings. The second-order valence-corrected chi connectivity index (χ2v) is 9.55. The molecule has 1 amide bonds. The smallest absolute Gasteiger partial charge is 0.329 e. The van der Waals surface area contributed by atoms with Crippen molar-refractivity contribution in [3.05, 3.63) is 88.0 Å². The summed E-state index contributed by atoms with van der Waals surface area (Å²) in [6, 6.07) is 10.0. The van der Waals surface area contributed by atoms with Crippen LogP contribution in [0.1, 0.15) is 58.9 Å². The number of aldehydes is 1. The Morgan fingerprint density at radius 1 is 1.09 bits per heavy atom. The number of hydrogen-bond donors (Lipinski definition) is 2. The summed E-state index contributed by atoms with van der Waals surface area (Å²) in [5.41, 5.74) is 4.20. The molecule has 0 heterocycles. The Balaban J connectivity index is 2.33. The molecule has 0 radical (unpaired) electrons. The Labute approximate surface area is 207 Å². The highest BCUT2D eigenvalue weighted by Crippen LogP contribution is 2.20. The number of carbonyl (C=O) groups excluding carboxylic acids is 3. The zero-order chi connectivity index (χ0) is 26.3. The minimum absolute atomic E-state index is 0.212. The number of ether oxygens (including phenoxy) is 1. The Bertz CT molecular complexity index is 1120. The molecule has 186 valence electrons. The lowest BCUT2D eigenvalue weighted by molar-refractivity contribution is -0.157. The molecule has 3 N–H and O–H groups in total. The van der Waals surface area contributed by atoms with Crippen molar-refractivity contribution < 1.29 is 24.0 Å². The van der Waals surface area contributed by atoms with E-state index in [1.165, 1.54) is 6.08 Å². The average Bonchev–Trinajstić information content (AvgIpc) is 2.75. The van der Waals surface area contributed by atoms with Gasteiger partial charge >= 0.3 is 5.97 Å². The number of rotatable bonds is 9. The first-order chi connectivity index (χ1) is 16.3. The highest BCUT2D eigenvalue weighted by atomic mass is 16.6. The van der Waals surface area contributed by atoms with Crippen molar-refractivity contribution in [1.29, 1.82) is 0 Å². The molecule has 0 saturated heterocycles. The molecule has 2 aromatic carbocycles. The van der Waals surface area contributed by atoms with Crippen molar-refractivity contribution in [3.63, 3.8) is 0 Å². The number of allylic oxidation sites excluding steroid dienone is 2. The largest absolute Gasteiger partial charge is 0.458 e. The van der Waals surface area contributed by atoms with E-state index in [-0.39, 0.29) is 23.7 Å². The van der Waals surface area contributed by atoms with Crippen molar-refractivity contribution >= 4 is 23.9 Å². The lowest BCUT2D eigenvalue weighted by atomic mass is 9.98. The van der Waals surface area contributed by atoms with E-state index >= 15 is 0 Å². The normalized spacial score (nSPS) is 12.5. The molecule has 2 aromatic rings. The number of nitrogens with two attached hydrogens (primary N) is 1. The first-order valence-electron chi connectivity index (χ1n) is 11.3. The van der Waals surface area contributed by atoms with Gasteiger partial charge in [0.25, 0.3) is 5.91 Å². The molecule has 0 spiro atoms. The molecule has 0 aliphatic carbocycles. The second kappa shape index (κ2) is 11.6. The average molecular weight is 479 g/mol. The SMILES string of the molecule is C=C(C=O)/C=C(\ON)c1ccc(C[C@H](NC(=O)c2c(C)cc(C)cc2C)C(=O)OC(C)(C)C)cc1. The lowest BCUT2D eigenvalue weighted by Crippen LogP contribution is -2.45. The standard InChI is InChI=1S/C28H34N2O5/c1-17-12-19(3)25(20(4)13-17)26(32)30-23(27(33)34-28(5,6)7)15-21-8-10-22(11-9-21)24(35-29)14-18(2)16-31/h8-14,16,23H,2,15,29H2,1,3-7H3,(H,30,32)/b24-14-/t23-/m0/s1. The van der Waals surface area contributed by atoms with Crippen molar-refractivity contribution in [2.45, 2.75) is 59.6 Å². The van der Waals surface area contributed by atoms with Crippen LogP contribution < -0.4 is 11.2 Å². The summed E-state index contributed by atoms with van der Waals surface area (Å²) < 4.78 is 5.58. The predicted molar refractivity (Wildman–Crippen MR) is 136 cm³/mol. The Morgan fingerprint density at radius 2 is 1.66 bits per heavy atom. The molecule has 0 saturated carbocycles. The zero-order valence-electron chi connectivity index (χ0n) is 21.2. The van der Waals surface area contributed by atoms with Crippen molar-refractivity contribution in [3.8, 4) is 0 Å². The number of esters is 1. The summed E-state index contributed by atoms with van der Waals surface area (Å²) in [6.07, 6.45) is 2.24. The number of nitrogens with one attached hydrogen (secondary N) is 1. The number of aryl methyl sites for hydroxylation is 3. The van der Waals surface area contributed by atoms with Crippen LogP contribution in [0.4, 0.5) is 0 Å². The first-order valence-corrected chi connectivity index (χ1v) is 11.3. The van der Waals surface area contributed by atoms with Gasteiger partial charge in [-0.1, -0.05) is 48.5 Å². The van der Waals surface area contributed by atoms with Crippen molar-refractivity contribution in [2.75, 3.05) is 0 Å². The summed E-state index contributed by atoms with van der Waals surface area (Å²) in [5.74, 6) is 4.75. The van der Waals surface area contributed by atoms with E-state index in [9.17, 15) is 14.4 Å². The van der Waals surface area contributed by atoms with Gasteiger partial charge in [-0.25, -0.2) is 4.79 Å². The van der Waals surface area contributed by atoms with Crippen LogP contribution in [-0.2, 0) is 25.6 Å². The molecule has 7 nitrogen and oxygen atoms in total. The summed E-state index contributed by atoms with van der Waals surface area (Å²) in [6.45, 7) is 14.6. The highest BCUT2D eigenvalue weighted by molar-refractivity contribution is 5.99. The lowest BCUT2D eigenvalue weighted by Gasteiger charge is -2.25. The van der Waals surface area contributed by atoms with Gasteiger partial charge in [-0.05, 0) is 64.3 Å². The van der Waals surface area contributed by atoms with Crippen LogP contribution >= 0.6 is 0 Å². The molecular formula is C28H34N2O5. The van der Waals surface area contributed by atoms with Crippen LogP contribution in [0.15, 0.2) is 54.6 Å². The van der Waals surface area contributed by atoms with Gasteiger partial charge in [0.2, 0.25) is 0 Å². The van der Waals surface area contributed by atoms with Crippen molar-refractivity contribution in [2.24, 2.45) is 5.90 Å². The molecule has 0 aliphatic heterocycles. The van der Waals surface area contributed by atoms with Gasteiger partial charge in [-0.3, -0.25) is 9.59 Å². The predicted octanol–water partition coefficient (Wildman–Crippen LogP) is 4.28. The van der Waals surface area contributed by atoms with E-state index < -0.39 is 17.6 Å². The van der Waals surface area contributed by atoms with E-state index in [0.29, 0.717) is 17.4 Å². The number of carbonyl (C=O) groups is 3. The van der Waals surface area contributed by atoms with E-state index in [1.807, 2.05) is 32.9 Å². The molecule has 0 unspecified atom stereocenters. The van der Waals surface area contributed by atoms with Crippen LogP contribution in [0, 0.1) is 20.8 Å². The van der Waals surface area contributed by atoms with Gasteiger partial charge in [0, 0.05) is 23.1 Å². The van der Waals surface area contributed by atoms with Gasteiger partial charge in [-0.15, -0.1) is 0 Å². The third-order valence-corrected chi connectivity index (χ3v) is 5.17. The topological polar surface area (TPSA) is 108 Å². The fourth-order valence-electron chi connectivity index (χ4n) is 3.76. The minimum Gasteiger partial charge on any atom is -0.458 e. The van der Waals surface area contributed by atoms with Crippen LogP contribution in [0.5, 0.6) is 0 Å². The van der Waals surface area contributed by atoms with Crippen LogP contribution in [-0.4, -0.2) is 29.8 Å². The summed E-state index contributed by atoms with van der Waals surface area (Å²) in [7, 11) is 0. The molecule has 0 aliphatic rings. The van der Waals surface area contributed by atoms with Crippen molar-refractivity contribution in [1.82, 2.24) is 5.32 Å². The molecule has 7 heteroatoms. The molecule has 35 heavy (non-hydrogen) atoms. The maximum Gasteiger partial charge on any atom is 0.329 e. The van der Waals surface area contributed by atoms with Crippen LogP contribution in [0.3, 0.4) is 0 Å². The number of amides is 1. The monoisotopic (exact) mass is 478 g/mol. The Hall–Kier alpha value is -3.71. The Morgan fingerprint density at radius 3 is 2.14 bits per heavy atom. The van der Waals surface area contributed by atoms with Gasteiger partial charge in [0.1, 0.15) is 17.9 Å². The fraction of sp³-hybridized carbons (Fsp3) is 0.321. The quantitative estimate of drug-likeness (QED) is 0.139. The molecule has 2 rings (SSSR count). The zero-order valence-corrected chi connectivity index (χ0v) is 21.2. The molecule has 0 bridgehead atoms. The fourth-order valence-corrected chi connectivity index (χ4v) is 3.76. The third-order valence-electron chi connectivity index (χ3n) is 5.17. The first kappa shape index (κ1) is 27.5. The summed E-state index contributed by atoms with van der Waals surface area (Å²) in [5, 5.41) is 2.87. The highest BCUT2D eigenvalue weighted by Gasteiger charge is 2.28. The van der Waals surface area contributed by atoms with E-state index in [0.717, 1.165) is 22.3 Å². The number of benzene rings is 2. The maximum atomic E-state index is 13.2. The minimum atomic E-state index is -0.900. The Kier molecular flexibility index (Phi) is 9.14.